The van der Waals surface area contributed by atoms with Crippen molar-refractivity contribution in [2.45, 2.75) is 63.5 Å². The molecule has 5 nitrogen and oxygen atoms in total. The van der Waals surface area contributed by atoms with Crippen molar-refractivity contribution in [3.8, 4) is 0 Å². The molecular formula is C16H28N4O. The maximum absolute atomic E-state index is 5.78. The van der Waals surface area contributed by atoms with Crippen LogP contribution in [0.15, 0.2) is 12.3 Å². The summed E-state index contributed by atoms with van der Waals surface area (Å²) in [5, 5.41) is 4.81. The minimum atomic E-state index is 0.309. The summed E-state index contributed by atoms with van der Waals surface area (Å²) in [4.78, 5) is 0. The van der Waals surface area contributed by atoms with E-state index in [1.165, 1.54) is 32.1 Å². The average Bonchev–Trinajstić information content (AvgIpc) is 3.03. The minimum absolute atomic E-state index is 0.309. The molecule has 2 heterocycles. The highest BCUT2D eigenvalue weighted by molar-refractivity contribution is 5.03. The summed E-state index contributed by atoms with van der Waals surface area (Å²) in [5.74, 6) is 6.38. The highest BCUT2D eigenvalue weighted by Crippen LogP contribution is 2.28. The van der Waals surface area contributed by atoms with E-state index in [0.717, 1.165) is 38.2 Å². The Balaban J connectivity index is 1.59. The largest absolute Gasteiger partial charge is 0.381 e. The number of nitrogens with two attached hydrogens (primary N) is 1. The molecule has 0 amide bonds. The van der Waals surface area contributed by atoms with Gasteiger partial charge in [-0.15, -0.1) is 0 Å². The molecule has 0 aromatic carbocycles. The van der Waals surface area contributed by atoms with Gasteiger partial charge in [0.1, 0.15) is 0 Å². The maximum atomic E-state index is 5.78. The first-order valence-electron chi connectivity index (χ1n) is 8.44. The topological polar surface area (TPSA) is 65.1 Å². The van der Waals surface area contributed by atoms with Gasteiger partial charge in [0.15, 0.2) is 0 Å². The van der Waals surface area contributed by atoms with Crippen molar-refractivity contribution in [2.24, 2.45) is 11.8 Å². The van der Waals surface area contributed by atoms with Crippen LogP contribution in [0.25, 0.3) is 0 Å². The van der Waals surface area contributed by atoms with Crippen LogP contribution in [0, 0.1) is 5.92 Å². The van der Waals surface area contributed by atoms with E-state index in [1.807, 2.05) is 0 Å². The molecule has 1 saturated carbocycles. The van der Waals surface area contributed by atoms with Gasteiger partial charge in [-0.3, -0.25) is 16.0 Å². The lowest BCUT2D eigenvalue weighted by Crippen LogP contribution is -2.44. The maximum Gasteiger partial charge on any atom is 0.0640 e. The second kappa shape index (κ2) is 7.38. The zero-order chi connectivity index (χ0) is 14.5. The van der Waals surface area contributed by atoms with E-state index >= 15 is 0 Å². The lowest BCUT2D eigenvalue weighted by molar-refractivity contribution is 0.0536. The summed E-state index contributed by atoms with van der Waals surface area (Å²) in [6.45, 7) is 1.72. The fourth-order valence-corrected chi connectivity index (χ4v) is 3.74. The van der Waals surface area contributed by atoms with Gasteiger partial charge in [0.2, 0.25) is 0 Å². The number of aromatic nitrogens is 2. The van der Waals surface area contributed by atoms with E-state index in [1.54, 1.807) is 0 Å². The van der Waals surface area contributed by atoms with Gasteiger partial charge in [-0.25, -0.2) is 0 Å². The van der Waals surface area contributed by atoms with Crippen LogP contribution in [-0.4, -0.2) is 29.0 Å². The van der Waals surface area contributed by atoms with E-state index in [4.69, 9.17) is 15.7 Å². The van der Waals surface area contributed by atoms with Gasteiger partial charge in [-0.2, -0.15) is 5.10 Å². The first-order valence-corrected chi connectivity index (χ1v) is 8.44. The van der Waals surface area contributed by atoms with Crippen LogP contribution in [0.1, 0.15) is 56.7 Å². The average molecular weight is 292 g/mol. The van der Waals surface area contributed by atoms with Gasteiger partial charge < -0.3 is 4.74 Å². The molecule has 0 radical (unpaired) electrons. The fraction of sp³-hybridized carbons (Fsp3) is 0.812. The number of nitrogens with one attached hydrogen (secondary N) is 1. The molecule has 0 bridgehead atoms. The molecule has 118 valence electrons. The minimum Gasteiger partial charge on any atom is -0.381 e. The number of ether oxygens (including phenoxy) is 1. The third kappa shape index (κ3) is 3.84. The van der Waals surface area contributed by atoms with Crippen LogP contribution in [0.4, 0.5) is 0 Å². The molecule has 1 aliphatic heterocycles. The van der Waals surface area contributed by atoms with Gasteiger partial charge in [-0.1, -0.05) is 19.3 Å². The Kier molecular flexibility index (Phi) is 5.27. The summed E-state index contributed by atoms with van der Waals surface area (Å²) in [6.07, 6.45) is 11.9. The van der Waals surface area contributed by atoms with Crippen molar-refractivity contribution >= 4 is 0 Å². The molecule has 3 N–H and O–H groups in total. The molecule has 1 aromatic rings. The van der Waals surface area contributed by atoms with E-state index in [2.05, 4.69) is 22.4 Å². The number of hydrazine groups is 1. The van der Waals surface area contributed by atoms with Crippen LogP contribution in [0.5, 0.6) is 0 Å². The van der Waals surface area contributed by atoms with Crippen molar-refractivity contribution < 1.29 is 4.74 Å². The highest BCUT2D eigenvalue weighted by atomic mass is 16.5. The van der Waals surface area contributed by atoms with Gasteiger partial charge >= 0.3 is 0 Å². The second-order valence-electron chi connectivity index (χ2n) is 6.51. The molecule has 3 rings (SSSR count). The zero-order valence-corrected chi connectivity index (χ0v) is 12.8. The molecule has 1 aromatic heterocycles. The number of rotatable bonds is 5. The van der Waals surface area contributed by atoms with Crippen molar-refractivity contribution in [2.75, 3.05) is 13.2 Å². The SMILES string of the molecule is NNC(Cc1ccn(C2CCCCC2)n1)C1CCOCC1. The molecule has 0 spiro atoms. The Morgan fingerprint density at radius 3 is 2.71 bits per heavy atom. The Morgan fingerprint density at radius 1 is 1.24 bits per heavy atom. The van der Waals surface area contributed by atoms with E-state index in [-0.39, 0.29) is 0 Å². The van der Waals surface area contributed by atoms with Gasteiger partial charge in [0, 0.05) is 31.9 Å². The summed E-state index contributed by atoms with van der Waals surface area (Å²) >= 11 is 0. The van der Waals surface area contributed by atoms with Gasteiger partial charge in [-0.05, 0) is 37.7 Å². The second-order valence-corrected chi connectivity index (χ2v) is 6.51. The van der Waals surface area contributed by atoms with E-state index in [0.29, 0.717) is 18.0 Å². The van der Waals surface area contributed by atoms with Crippen LogP contribution in [-0.2, 0) is 11.2 Å². The lowest BCUT2D eigenvalue weighted by atomic mass is 9.89. The third-order valence-electron chi connectivity index (χ3n) is 5.09. The Morgan fingerprint density at radius 2 is 2.00 bits per heavy atom. The lowest BCUT2D eigenvalue weighted by Gasteiger charge is -2.29. The molecule has 1 aliphatic carbocycles. The summed E-state index contributed by atoms with van der Waals surface area (Å²) in [5.41, 5.74) is 4.17. The van der Waals surface area contributed by atoms with Crippen LogP contribution < -0.4 is 11.3 Å². The Hall–Kier alpha value is -0.910. The first kappa shape index (κ1) is 15.0. The third-order valence-corrected chi connectivity index (χ3v) is 5.09. The van der Waals surface area contributed by atoms with Gasteiger partial charge in [0.25, 0.3) is 0 Å². The van der Waals surface area contributed by atoms with E-state index in [9.17, 15) is 0 Å². The Labute approximate surface area is 127 Å². The normalized spacial score (nSPS) is 23.3. The fourth-order valence-electron chi connectivity index (χ4n) is 3.74. The molecule has 5 heteroatoms. The molecule has 21 heavy (non-hydrogen) atoms. The molecule has 1 unspecified atom stereocenters. The molecule has 2 aliphatic rings. The predicted molar refractivity (Wildman–Crippen MR) is 82.7 cm³/mol. The zero-order valence-electron chi connectivity index (χ0n) is 12.8. The summed E-state index contributed by atoms with van der Waals surface area (Å²) < 4.78 is 7.63. The molecular weight excluding hydrogens is 264 g/mol. The predicted octanol–water partition coefficient (Wildman–Crippen LogP) is 2.19. The Bertz CT molecular complexity index is 422. The highest BCUT2D eigenvalue weighted by Gasteiger charge is 2.24. The first-order chi connectivity index (χ1) is 10.4. The van der Waals surface area contributed by atoms with Crippen molar-refractivity contribution in [1.29, 1.82) is 0 Å². The van der Waals surface area contributed by atoms with Crippen molar-refractivity contribution in [3.05, 3.63) is 18.0 Å². The number of nitrogens with zero attached hydrogens (tertiary/aromatic N) is 2. The van der Waals surface area contributed by atoms with Crippen LogP contribution >= 0.6 is 0 Å². The van der Waals surface area contributed by atoms with Crippen LogP contribution in [0.3, 0.4) is 0 Å². The standard InChI is InChI=1S/C16H28N4O/c17-18-16(13-7-10-21-11-8-13)12-14-6-9-20(19-14)15-4-2-1-3-5-15/h6,9,13,15-16,18H,1-5,7-8,10-12,17H2. The number of hydrogen-bond donors (Lipinski definition) is 2. The van der Waals surface area contributed by atoms with E-state index < -0.39 is 0 Å². The smallest absolute Gasteiger partial charge is 0.0640 e. The summed E-state index contributed by atoms with van der Waals surface area (Å²) in [7, 11) is 0. The van der Waals surface area contributed by atoms with Gasteiger partial charge in [0.05, 0.1) is 11.7 Å². The van der Waals surface area contributed by atoms with Crippen molar-refractivity contribution in [3.63, 3.8) is 0 Å². The monoisotopic (exact) mass is 292 g/mol. The van der Waals surface area contributed by atoms with Crippen LogP contribution in [0.2, 0.25) is 0 Å². The summed E-state index contributed by atoms with van der Waals surface area (Å²) in [6, 6.07) is 3.08. The molecule has 1 saturated heterocycles. The quantitative estimate of drug-likeness (QED) is 0.645. The molecule has 1 atom stereocenters. The van der Waals surface area contributed by atoms with Crippen molar-refractivity contribution in [1.82, 2.24) is 15.2 Å². The molecule has 2 fully saturated rings. The number of hydrogen-bond acceptors (Lipinski definition) is 4.